The van der Waals surface area contributed by atoms with Crippen molar-refractivity contribution in [1.29, 1.82) is 0 Å². The molecule has 11 heavy (non-hydrogen) atoms. The monoisotopic (exact) mass is 153 g/mol. The molecular weight excluding hydrogens is 138 g/mol. The van der Waals surface area contributed by atoms with Crippen LogP contribution in [0.2, 0.25) is 0 Å². The average Bonchev–Trinajstić information content (AvgIpc) is 2.50. The fourth-order valence-electron chi connectivity index (χ4n) is 1.14. The lowest BCUT2D eigenvalue weighted by Gasteiger charge is -2.01. The molecule has 1 N–H and O–H groups in total. The van der Waals surface area contributed by atoms with E-state index in [9.17, 15) is 0 Å². The van der Waals surface area contributed by atoms with Crippen molar-refractivity contribution in [2.24, 2.45) is 0 Å². The predicted molar refractivity (Wildman–Crippen MR) is 45.3 cm³/mol. The third-order valence-corrected chi connectivity index (χ3v) is 1.74. The van der Waals surface area contributed by atoms with Crippen LogP contribution in [0, 0.1) is 11.8 Å². The van der Waals surface area contributed by atoms with Gasteiger partial charge in [0.15, 0.2) is 0 Å². The minimum atomic E-state index is 0.416. The van der Waals surface area contributed by atoms with Crippen LogP contribution in [0.15, 0.2) is 0 Å². The average molecular weight is 153 g/mol. The Morgan fingerprint density at radius 2 is 2.45 bits per heavy atom. The number of rotatable bonds is 2. The molecule has 1 fully saturated rings. The van der Waals surface area contributed by atoms with E-state index in [1.807, 2.05) is 7.05 Å². The van der Waals surface area contributed by atoms with Crippen LogP contribution in [0.3, 0.4) is 0 Å². The highest BCUT2D eigenvalue weighted by atomic mass is 16.5. The number of hydrogen-bond acceptors (Lipinski definition) is 2. The second-order valence-electron chi connectivity index (χ2n) is 2.72. The van der Waals surface area contributed by atoms with Crippen molar-refractivity contribution in [3.05, 3.63) is 0 Å². The van der Waals surface area contributed by atoms with Gasteiger partial charge in [0.1, 0.15) is 0 Å². The van der Waals surface area contributed by atoms with Crippen molar-refractivity contribution in [1.82, 2.24) is 5.32 Å². The van der Waals surface area contributed by atoms with E-state index in [0.717, 1.165) is 19.6 Å². The number of ether oxygens (including phenoxy) is 1. The van der Waals surface area contributed by atoms with E-state index in [0.29, 0.717) is 6.10 Å². The summed E-state index contributed by atoms with van der Waals surface area (Å²) in [4.78, 5) is 0. The van der Waals surface area contributed by atoms with E-state index >= 15 is 0 Å². The maximum atomic E-state index is 5.41. The van der Waals surface area contributed by atoms with Crippen LogP contribution < -0.4 is 5.32 Å². The zero-order valence-corrected chi connectivity index (χ0v) is 7.02. The van der Waals surface area contributed by atoms with Crippen LogP contribution in [0.5, 0.6) is 0 Å². The van der Waals surface area contributed by atoms with Gasteiger partial charge >= 0.3 is 0 Å². The van der Waals surface area contributed by atoms with Crippen molar-refractivity contribution in [3.8, 4) is 11.8 Å². The summed E-state index contributed by atoms with van der Waals surface area (Å²) in [5.74, 6) is 6.11. The van der Waals surface area contributed by atoms with Crippen molar-refractivity contribution in [2.75, 3.05) is 20.2 Å². The summed E-state index contributed by atoms with van der Waals surface area (Å²) < 4.78 is 5.41. The van der Waals surface area contributed by atoms with Crippen LogP contribution >= 0.6 is 0 Å². The zero-order valence-electron chi connectivity index (χ0n) is 7.02. The van der Waals surface area contributed by atoms with Gasteiger partial charge in [0.05, 0.1) is 12.6 Å². The molecule has 62 valence electrons. The molecule has 0 aromatic carbocycles. The summed E-state index contributed by atoms with van der Waals surface area (Å²) in [6.07, 6.45) is 3.72. The predicted octanol–water partition coefficient (Wildman–Crippen LogP) is 0.778. The van der Waals surface area contributed by atoms with Gasteiger partial charge in [-0.15, -0.1) is 0 Å². The molecule has 1 atom stereocenters. The van der Waals surface area contributed by atoms with E-state index in [2.05, 4.69) is 17.2 Å². The number of nitrogens with one attached hydrogen (secondary N) is 1. The van der Waals surface area contributed by atoms with Crippen LogP contribution in [-0.2, 0) is 4.74 Å². The van der Waals surface area contributed by atoms with Gasteiger partial charge in [-0.2, -0.15) is 0 Å². The summed E-state index contributed by atoms with van der Waals surface area (Å²) in [5, 5.41) is 2.98. The highest BCUT2D eigenvalue weighted by molar-refractivity contribution is 5.02. The first kappa shape index (κ1) is 8.58. The van der Waals surface area contributed by atoms with E-state index in [4.69, 9.17) is 4.74 Å². The maximum Gasteiger partial charge on any atom is 0.0685 e. The largest absolute Gasteiger partial charge is 0.377 e. The summed E-state index contributed by atoms with van der Waals surface area (Å²) in [6, 6.07) is 0. The highest BCUT2D eigenvalue weighted by Crippen LogP contribution is 2.13. The van der Waals surface area contributed by atoms with Gasteiger partial charge in [0, 0.05) is 13.0 Å². The van der Waals surface area contributed by atoms with E-state index in [-0.39, 0.29) is 0 Å². The lowest BCUT2D eigenvalue weighted by molar-refractivity contribution is 0.115. The molecule has 0 aliphatic carbocycles. The van der Waals surface area contributed by atoms with Crippen molar-refractivity contribution >= 4 is 0 Å². The van der Waals surface area contributed by atoms with Gasteiger partial charge in [-0.25, -0.2) is 0 Å². The molecule has 2 heteroatoms. The zero-order chi connectivity index (χ0) is 7.94. The van der Waals surface area contributed by atoms with Gasteiger partial charge in [0.25, 0.3) is 0 Å². The molecule has 0 aromatic heterocycles. The summed E-state index contributed by atoms with van der Waals surface area (Å²) in [6.45, 7) is 1.71. The Bertz CT molecular complexity index is 151. The molecule has 0 radical (unpaired) electrons. The van der Waals surface area contributed by atoms with E-state index in [1.165, 1.54) is 12.8 Å². The molecule has 1 rings (SSSR count). The van der Waals surface area contributed by atoms with Crippen molar-refractivity contribution < 1.29 is 4.74 Å². The molecule has 1 saturated heterocycles. The normalized spacial score (nSPS) is 22.8. The van der Waals surface area contributed by atoms with Crippen molar-refractivity contribution in [3.63, 3.8) is 0 Å². The van der Waals surface area contributed by atoms with E-state index in [1.54, 1.807) is 0 Å². The van der Waals surface area contributed by atoms with Gasteiger partial charge in [-0.3, -0.25) is 0 Å². The quantitative estimate of drug-likeness (QED) is 0.592. The molecule has 1 aliphatic heterocycles. The first-order chi connectivity index (χ1) is 5.43. The SMILES string of the molecule is CNCC#CCC1CCCO1. The molecule has 1 heterocycles. The lowest BCUT2D eigenvalue weighted by Crippen LogP contribution is -2.06. The minimum absolute atomic E-state index is 0.416. The van der Waals surface area contributed by atoms with Crippen molar-refractivity contribution in [2.45, 2.75) is 25.4 Å². The van der Waals surface area contributed by atoms with Crippen LogP contribution in [-0.4, -0.2) is 26.3 Å². The molecule has 1 aliphatic rings. The molecule has 2 nitrogen and oxygen atoms in total. The molecule has 1 unspecified atom stereocenters. The molecule has 0 bridgehead atoms. The lowest BCUT2D eigenvalue weighted by atomic mass is 10.2. The van der Waals surface area contributed by atoms with Gasteiger partial charge < -0.3 is 10.1 Å². The Hall–Kier alpha value is -0.520. The second kappa shape index (κ2) is 5.17. The Kier molecular flexibility index (Phi) is 4.03. The van der Waals surface area contributed by atoms with E-state index < -0.39 is 0 Å². The van der Waals surface area contributed by atoms with Crippen LogP contribution in [0.25, 0.3) is 0 Å². The van der Waals surface area contributed by atoms with Crippen LogP contribution in [0.4, 0.5) is 0 Å². The molecule has 0 amide bonds. The number of hydrogen-bond donors (Lipinski definition) is 1. The Labute approximate surface area is 68.3 Å². The molecule has 0 aromatic rings. The first-order valence-electron chi connectivity index (χ1n) is 4.15. The topological polar surface area (TPSA) is 21.3 Å². The first-order valence-corrected chi connectivity index (χ1v) is 4.15. The van der Waals surface area contributed by atoms with Gasteiger partial charge in [-0.1, -0.05) is 11.8 Å². The molecular formula is C9H15NO. The summed E-state index contributed by atoms with van der Waals surface area (Å²) in [5.41, 5.74) is 0. The Balaban J connectivity index is 2.06. The Morgan fingerprint density at radius 1 is 1.55 bits per heavy atom. The third-order valence-electron chi connectivity index (χ3n) is 1.74. The molecule has 0 saturated carbocycles. The van der Waals surface area contributed by atoms with Gasteiger partial charge in [0.2, 0.25) is 0 Å². The standard InChI is InChI=1S/C9H15NO/c1-10-7-3-2-5-9-6-4-8-11-9/h9-10H,4-8H2,1H3. The smallest absolute Gasteiger partial charge is 0.0685 e. The second-order valence-corrected chi connectivity index (χ2v) is 2.72. The third kappa shape index (κ3) is 3.41. The fourth-order valence-corrected chi connectivity index (χ4v) is 1.14. The Morgan fingerprint density at radius 3 is 3.09 bits per heavy atom. The maximum absolute atomic E-state index is 5.41. The molecule has 0 spiro atoms. The fraction of sp³-hybridized carbons (Fsp3) is 0.778. The summed E-state index contributed by atoms with van der Waals surface area (Å²) >= 11 is 0. The van der Waals surface area contributed by atoms with Crippen LogP contribution in [0.1, 0.15) is 19.3 Å². The highest BCUT2D eigenvalue weighted by Gasteiger charge is 2.12. The summed E-state index contributed by atoms with van der Waals surface area (Å²) in [7, 11) is 1.90. The van der Waals surface area contributed by atoms with Gasteiger partial charge in [-0.05, 0) is 19.9 Å². The minimum Gasteiger partial charge on any atom is -0.377 e.